The number of fused-ring (bicyclic) bond motifs is 1. The summed E-state index contributed by atoms with van der Waals surface area (Å²) in [4.78, 5) is 38.5. The Kier molecular flexibility index (Phi) is 7.97. The van der Waals surface area contributed by atoms with Crippen molar-refractivity contribution in [3.63, 3.8) is 0 Å². The lowest BCUT2D eigenvalue weighted by Crippen LogP contribution is -2.25. The minimum absolute atomic E-state index is 0.145. The van der Waals surface area contributed by atoms with Crippen LogP contribution in [-0.4, -0.2) is 57.4 Å². The van der Waals surface area contributed by atoms with E-state index in [9.17, 15) is 27.2 Å². The number of hydrogen-bond donors (Lipinski definition) is 2. The zero-order valence-electron chi connectivity index (χ0n) is 19.1. The first kappa shape index (κ1) is 26.7. The van der Waals surface area contributed by atoms with Gasteiger partial charge in [0.05, 0.1) is 18.4 Å². The van der Waals surface area contributed by atoms with E-state index in [0.29, 0.717) is 30.5 Å². The maximum absolute atomic E-state index is 13.6. The summed E-state index contributed by atoms with van der Waals surface area (Å²) < 4.78 is 59.0. The molecule has 1 aliphatic heterocycles. The molecule has 3 aromatic rings. The smallest absolute Gasteiger partial charge is 0.490 e. The lowest BCUT2D eigenvalue weighted by molar-refractivity contribution is -0.192. The van der Waals surface area contributed by atoms with Crippen molar-refractivity contribution in [2.45, 2.75) is 24.9 Å². The molecule has 14 heteroatoms. The molecule has 1 saturated heterocycles. The van der Waals surface area contributed by atoms with Gasteiger partial charge in [-0.1, -0.05) is 0 Å². The van der Waals surface area contributed by atoms with Crippen LogP contribution < -0.4 is 15.6 Å². The standard InChI is InChI=1S/C20H21FN4O4.C2HF3O2/c1-24-9-13(21)7-15(20(24)27)23-19(26)14-10-25-11-16(12-3-5-29-6-4-12)22-18(25)8-17(14)28-2;3-2(4,5)1(6)7/h7-12H,3-6H2,1-2H3,(H,23,26);(H,6,7). The molecule has 0 saturated carbocycles. The van der Waals surface area contributed by atoms with E-state index in [1.54, 1.807) is 16.7 Å². The van der Waals surface area contributed by atoms with Crippen LogP contribution in [0.15, 0.2) is 35.5 Å². The fraction of sp³-hybridized carbons (Fsp3) is 0.364. The molecule has 0 atom stereocenters. The molecule has 3 aromatic heterocycles. The van der Waals surface area contributed by atoms with Crippen LogP contribution >= 0.6 is 0 Å². The Morgan fingerprint density at radius 2 is 1.83 bits per heavy atom. The van der Waals surface area contributed by atoms with E-state index in [-0.39, 0.29) is 11.3 Å². The Morgan fingerprint density at radius 3 is 2.42 bits per heavy atom. The lowest BCUT2D eigenvalue weighted by Gasteiger charge is -2.19. The summed E-state index contributed by atoms with van der Waals surface area (Å²) in [5.41, 5.74) is 1.15. The number of carboxylic acid groups (broad SMARTS) is 1. The fourth-order valence-electron chi connectivity index (χ4n) is 3.51. The number of imidazole rings is 1. The molecule has 0 bridgehead atoms. The number of rotatable bonds is 4. The van der Waals surface area contributed by atoms with Crippen LogP contribution in [0.25, 0.3) is 5.65 Å². The van der Waals surface area contributed by atoms with E-state index in [1.165, 1.54) is 14.2 Å². The number of nitrogens with zero attached hydrogens (tertiary/aromatic N) is 3. The molecule has 194 valence electrons. The van der Waals surface area contributed by atoms with Gasteiger partial charge in [0.25, 0.3) is 11.5 Å². The van der Waals surface area contributed by atoms with Gasteiger partial charge in [-0.05, 0) is 12.8 Å². The first-order chi connectivity index (χ1) is 16.9. The summed E-state index contributed by atoms with van der Waals surface area (Å²) in [6, 6.07) is 2.66. The molecule has 1 aliphatic rings. The number of aromatic nitrogens is 3. The molecule has 4 rings (SSSR count). The molecule has 10 nitrogen and oxygen atoms in total. The molecule has 0 radical (unpaired) electrons. The number of pyridine rings is 2. The Hall–Kier alpha value is -3.94. The normalized spacial score (nSPS) is 14.2. The van der Waals surface area contributed by atoms with Crippen molar-refractivity contribution in [2.24, 2.45) is 7.05 Å². The van der Waals surface area contributed by atoms with Crippen LogP contribution in [0.1, 0.15) is 34.8 Å². The average molecular weight is 514 g/mol. The molecule has 4 heterocycles. The Morgan fingerprint density at radius 1 is 1.19 bits per heavy atom. The van der Waals surface area contributed by atoms with Gasteiger partial charge in [0, 0.05) is 56.9 Å². The lowest BCUT2D eigenvalue weighted by atomic mass is 9.97. The summed E-state index contributed by atoms with van der Waals surface area (Å²) in [5, 5.41) is 9.60. The highest BCUT2D eigenvalue weighted by atomic mass is 19.4. The molecule has 1 amide bonds. The molecule has 0 aliphatic carbocycles. The van der Waals surface area contributed by atoms with Gasteiger partial charge in [0.15, 0.2) is 0 Å². The van der Waals surface area contributed by atoms with Crippen molar-refractivity contribution in [2.75, 3.05) is 25.6 Å². The van der Waals surface area contributed by atoms with Crippen LogP contribution in [0.2, 0.25) is 0 Å². The highest BCUT2D eigenvalue weighted by molar-refractivity contribution is 6.06. The largest absolute Gasteiger partial charge is 0.496 e. The second-order valence-electron chi connectivity index (χ2n) is 7.82. The van der Waals surface area contributed by atoms with Crippen molar-refractivity contribution in [1.29, 1.82) is 0 Å². The Labute approximate surface area is 201 Å². The summed E-state index contributed by atoms with van der Waals surface area (Å²) in [6.07, 6.45) is 1.26. The maximum atomic E-state index is 13.6. The van der Waals surface area contributed by atoms with Gasteiger partial charge in [-0.25, -0.2) is 14.2 Å². The Balaban J connectivity index is 0.000000454. The molecular formula is C22H22F4N4O6. The zero-order chi connectivity index (χ0) is 26.6. The SMILES string of the molecule is COc1cc2nc(C3CCOCC3)cn2cc1C(=O)Nc1cc(F)cn(C)c1=O.O=C(O)C(F)(F)F. The monoisotopic (exact) mass is 514 g/mol. The van der Waals surface area contributed by atoms with Gasteiger partial charge in [-0.3, -0.25) is 9.59 Å². The third-order valence-corrected chi connectivity index (χ3v) is 5.32. The first-order valence-corrected chi connectivity index (χ1v) is 10.5. The minimum Gasteiger partial charge on any atom is -0.496 e. The molecule has 1 fully saturated rings. The number of carbonyl (C=O) groups excluding carboxylic acids is 1. The van der Waals surface area contributed by atoms with Gasteiger partial charge >= 0.3 is 12.1 Å². The highest BCUT2D eigenvalue weighted by Gasteiger charge is 2.38. The van der Waals surface area contributed by atoms with Crippen molar-refractivity contribution < 1.29 is 41.7 Å². The Bertz CT molecular complexity index is 1330. The molecule has 0 aromatic carbocycles. The van der Waals surface area contributed by atoms with Crippen molar-refractivity contribution in [1.82, 2.24) is 14.0 Å². The van der Waals surface area contributed by atoms with E-state index in [1.807, 2.05) is 6.20 Å². The van der Waals surface area contributed by atoms with Gasteiger partial charge in [-0.15, -0.1) is 0 Å². The topological polar surface area (TPSA) is 124 Å². The molecule has 36 heavy (non-hydrogen) atoms. The third kappa shape index (κ3) is 6.19. The highest BCUT2D eigenvalue weighted by Crippen LogP contribution is 2.28. The quantitative estimate of drug-likeness (QED) is 0.513. The predicted octanol–water partition coefficient (Wildman–Crippen LogP) is 2.96. The van der Waals surface area contributed by atoms with Gasteiger partial charge in [-0.2, -0.15) is 13.2 Å². The number of halogens is 4. The number of nitrogens with one attached hydrogen (secondary N) is 1. The van der Waals surface area contributed by atoms with Crippen LogP contribution in [0.3, 0.4) is 0 Å². The summed E-state index contributed by atoms with van der Waals surface area (Å²) in [6.45, 7) is 1.41. The van der Waals surface area contributed by atoms with Crippen molar-refractivity contribution >= 4 is 23.2 Å². The number of methoxy groups -OCH3 is 1. The first-order valence-electron chi connectivity index (χ1n) is 10.5. The molecule has 0 unspecified atom stereocenters. The van der Waals surface area contributed by atoms with E-state index < -0.39 is 29.4 Å². The van der Waals surface area contributed by atoms with E-state index in [0.717, 1.165) is 35.4 Å². The number of alkyl halides is 3. The van der Waals surface area contributed by atoms with E-state index >= 15 is 0 Å². The van der Waals surface area contributed by atoms with Crippen LogP contribution in [0.4, 0.5) is 23.2 Å². The van der Waals surface area contributed by atoms with Crippen LogP contribution in [0, 0.1) is 5.82 Å². The second kappa shape index (κ2) is 10.8. The molecule has 0 spiro atoms. The number of amides is 1. The van der Waals surface area contributed by atoms with Gasteiger partial charge in [0.2, 0.25) is 0 Å². The third-order valence-electron chi connectivity index (χ3n) is 5.32. The van der Waals surface area contributed by atoms with E-state index in [4.69, 9.17) is 19.4 Å². The zero-order valence-corrected chi connectivity index (χ0v) is 19.1. The van der Waals surface area contributed by atoms with Crippen molar-refractivity contribution in [3.8, 4) is 5.75 Å². The minimum atomic E-state index is -5.08. The molecule has 2 N–H and O–H groups in total. The van der Waals surface area contributed by atoms with Gasteiger partial charge < -0.3 is 28.9 Å². The van der Waals surface area contributed by atoms with Crippen LogP contribution in [-0.2, 0) is 16.6 Å². The number of aryl methyl sites for hydroxylation is 1. The summed E-state index contributed by atoms with van der Waals surface area (Å²) in [5.74, 6) is -3.34. The summed E-state index contributed by atoms with van der Waals surface area (Å²) in [7, 11) is 2.86. The number of ether oxygens (including phenoxy) is 2. The number of aliphatic carboxylic acids is 1. The summed E-state index contributed by atoms with van der Waals surface area (Å²) >= 11 is 0. The average Bonchev–Trinajstić information content (AvgIpc) is 3.24. The number of hydrogen-bond acceptors (Lipinski definition) is 6. The number of carbonyl (C=O) groups is 2. The second-order valence-corrected chi connectivity index (χ2v) is 7.82. The van der Waals surface area contributed by atoms with E-state index in [2.05, 4.69) is 10.3 Å². The van der Waals surface area contributed by atoms with Gasteiger partial charge in [0.1, 0.15) is 22.9 Å². The fourth-order valence-corrected chi connectivity index (χ4v) is 3.51. The van der Waals surface area contributed by atoms with Crippen LogP contribution in [0.5, 0.6) is 5.75 Å². The predicted molar refractivity (Wildman–Crippen MR) is 118 cm³/mol. The number of carboxylic acids is 1. The maximum Gasteiger partial charge on any atom is 0.490 e. The number of anilines is 1. The van der Waals surface area contributed by atoms with Crippen molar-refractivity contribution in [3.05, 3.63) is 58.2 Å². The molecular weight excluding hydrogens is 492 g/mol.